The van der Waals surface area contributed by atoms with Crippen LogP contribution in [0.2, 0.25) is 0 Å². The molecule has 1 rings (SSSR count). The predicted molar refractivity (Wildman–Crippen MR) is 69.3 cm³/mol. The number of hydrogen-bond donors (Lipinski definition) is 4. The summed E-state index contributed by atoms with van der Waals surface area (Å²) in [5, 5.41) is 9.90. The number of guanidine groups is 2. The molecule has 0 bridgehead atoms. The first-order chi connectivity index (χ1) is 8.40. The number of anilines is 1. The van der Waals surface area contributed by atoms with E-state index in [0.717, 1.165) is 0 Å². The van der Waals surface area contributed by atoms with Gasteiger partial charge in [0.25, 0.3) is 0 Å². The summed E-state index contributed by atoms with van der Waals surface area (Å²) < 4.78 is 19.1. The Balaban J connectivity index is 2.99. The zero-order valence-corrected chi connectivity index (χ0v) is 10.2. The van der Waals surface area contributed by atoms with Gasteiger partial charge in [-0.1, -0.05) is 6.07 Å². The molecule has 0 amide bonds. The first-order valence-electron chi connectivity index (χ1n) is 5.30. The number of rotatable bonds is 3. The smallest absolute Gasteiger partial charge is 0.223 e. The van der Waals surface area contributed by atoms with Gasteiger partial charge in [-0.25, -0.2) is 4.39 Å². The number of para-hydroxylation sites is 1. The van der Waals surface area contributed by atoms with Gasteiger partial charge in [-0.2, -0.15) is 4.99 Å². The summed E-state index contributed by atoms with van der Waals surface area (Å²) >= 11 is 0. The lowest BCUT2D eigenvalue weighted by molar-refractivity contribution is 0.243. The molecule has 0 aliphatic rings. The maximum absolute atomic E-state index is 13.6. The highest BCUT2D eigenvalue weighted by Gasteiger charge is 2.12. The highest BCUT2D eigenvalue weighted by atomic mass is 19.1. The van der Waals surface area contributed by atoms with Crippen LogP contribution in [0.4, 0.5) is 10.1 Å². The molecule has 0 unspecified atom stereocenters. The molecule has 0 atom stereocenters. The lowest BCUT2D eigenvalue weighted by Gasteiger charge is -2.15. The first kappa shape index (κ1) is 13.8. The van der Waals surface area contributed by atoms with E-state index in [1.165, 1.54) is 12.1 Å². The van der Waals surface area contributed by atoms with Crippen molar-refractivity contribution >= 4 is 17.6 Å². The van der Waals surface area contributed by atoms with E-state index in [1.807, 2.05) is 13.8 Å². The quantitative estimate of drug-likeness (QED) is 0.479. The van der Waals surface area contributed by atoms with Gasteiger partial charge in [0.05, 0.1) is 6.10 Å². The Labute approximate surface area is 104 Å². The van der Waals surface area contributed by atoms with Crippen LogP contribution in [-0.2, 0) is 0 Å². The van der Waals surface area contributed by atoms with Crippen molar-refractivity contribution in [2.75, 3.05) is 5.32 Å². The Morgan fingerprint density at radius 2 is 2.11 bits per heavy atom. The van der Waals surface area contributed by atoms with Crippen molar-refractivity contribution in [2.24, 2.45) is 16.5 Å². The summed E-state index contributed by atoms with van der Waals surface area (Å²) in [4.78, 5) is 3.46. The van der Waals surface area contributed by atoms with Crippen LogP contribution in [0.25, 0.3) is 0 Å². The molecule has 1 aromatic rings. The van der Waals surface area contributed by atoms with Crippen LogP contribution in [0.3, 0.4) is 0 Å². The van der Waals surface area contributed by atoms with E-state index in [9.17, 15) is 4.39 Å². The Morgan fingerprint density at radius 3 is 2.67 bits per heavy atom. The first-order valence-corrected chi connectivity index (χ1v) is 5.30. The largest absolute Gasteiger partial charge is 0.489 e. The van der Waals surface area contributed by atoms with E-state index in [-0.39, 0.29) is 23.7 Å². The molecule has 0 aromatic heterocycles. The maximum atomic E-state index is 13.6. The van der Waals surface area contributed by atoms with Crippen molar-refractivity contribution in [3.63, 3.8) is 0 Å². The van der Waals surface area contributed by atoms with Gasteiger partial charge in [-0.15, -0.1) is 0 Å². The van der Waals surface area contributed by atoms with Gasteiger partial charge in [0.15, 0.2) is 11.8 Å². The van der Waals surface area contributed by atoms with E-state index in [1.54, 1.807) is 6.07 Å². The molecular weight excluding hydrogens is 237 g/mol. The molecule has 6 N–H and O–H groups in total. The highest BCUT2D eigenvalue weighted by molar-refractivity contribution is 6.00. The normalized spacial score (nSPS) is 10.0. The van der Waals surface area contributed by atoms with Gasteiger partial charge in [0.1, 0.15) is 11.4 Å². The van der Waals surface area contributed by atoms with Crippen LogP contribution in [0.5, 0.6) is 5.75 Å². The number of ether oxygens (including phenoxy) is 1. The molecule has 18 heavy (non-hydrogen) atoms. The second-order valence-electron chi connectivity index (χ2n) is 3.79. The maximum Gasteiger partial charge on any atom is 0.223 e. The van der Waals surface area contributed by atoms with Crippen LogP contribution in [-0.4, -0.2) is 18.0 Å². The molecule has 0 aliphatic carbocycles. The molecule has 7 heteroatoms. The number of aliphatic imine (C=N–C) groups is 1. The number of hydrogen-bond acceptors (Lipinski definition) is 2. The third-order valence-electron chi connectivity index (χ3n) is 1.82. The van der Waals surface area contributed by atoms with E-state index in [0.29, 0.717) is 5.75 Å². The molecule has 6 nitrogen and oxygen atoms in total. The third kappa shape index (κ3) is 3.93. The summed E-state index contributed by atoms with van der Waals surface area (Å²) in [5.41, 5.74) is 10.3. The Hall–Kier alpha value is -2.31. The van der Waals surface area contributed by atoms with Crippen LogP contribution in [0.15, 0.2) is 23.2 Å². The number of nitrogens with one attached hydrogen (secondary N) is 2. The molecule has 0 saturated heterocycles. The predicted octanol–water partition coefficient (Wildman–Crippen LogP) is 1.23. The molecule has 0 spiro atoms. The summed E-state index contributed by atoms with van der Waals surface area (Å²) in [6.07, 6.45) is -0.121. The Kier molecular flexibility index (Phi) is 4.47. The van der Waals surface area contributed by atoms with Crippen molar-refractivity contribution in [3.8, 4) is 5.75 Å². The van der Waals surface area contributed by atoms with Crippen LogP contribution in [0, 0.1) is 11.2 Å². The SMILES string of the molecule is CC(C)Oc1cccc(F)c1NC(=N)N=C(N)N. The van der Waals surface area contributed by atoms with Crippen molar-refractivity contribution in [1.29, 1.82) is 5.41 Å². The fraction of sp³-hybridized carbons (Fsp3) is 0.273. The van der Waals surface area contributed by atoms with E-state index < -0.39 is 5.82 Å². The van der Waals surface area contributed by atoms with Crippen molar-refractivity contribution < 1.29 is 9.13 Å². The third-order valence-corrected chi connectivity index (χ3v) is 1.82. The standard InChI is InChI=1S/C11H16FN5O/c1-6(2)18-8-5-3-4-7(12)9(8)16-11(15)17-10(13)14/h3-6H,1-2H3,(H6,13,14,15,16,17). The van der Waals surface area contributed by atoms with Gasteiger partial charge in [0, 0.05) is 0 Å². The molecule has 1 aromatic carbocycles. The van der Waals surface area contributed by atoms with Crippen molar-refractivity contribution in [2.45, 2.75) is 20.0 Å². The van der Waals surface area contributed by atoms with Gasteiger partial charge in [-0.05, 0) is 26.0 Å². The topological polar surface area (TPSA) is 110 Å². The highest BCUT2D eigenvalue weighted by Crippen LogP contribution is 2.28. The zero-order valence-electron chi connectivity index (χ0n) is 10.2. The Bertz CT molecular complexity index is 469. The number of benzene rings is 1. The summed E-state index contributed by atoms with van der Waals surface area (Å²) in [5.74, 6) is -0.909. The lowest BCUT2D eigenvalue weighted by Crippen LogP contribution is -2.26. The summed E-state index contributed by atoms with van der Waals surface area (Å²) in [7, 11) is 0. The summed E-state index contributed by atoms with van der Waals surface area (Å²) in [6, 6.07) is 4.36. The lowest BCUT2D eigenvalue weighted by atomic mass is 10.2. The number of nitrogens with zero attached hydrogens (tertiary/aromatic N) is 1. The molecule has 98 valence electrons. The van der Waals surface area contributed by atoms with Crippen molar-refractivity contribution in [1.82, 2.24) is 0 Å². The average molecular weight is 253 g/mol. The van der Waals surface area contributed by atoms with Gasteiger partial charge in [-0.3, -0.25) is 5.41 Å². The molecule has 0 aliphatic heterocycles. The van der Waals surface area contributed by atoms with E-state index in [4.69, 9.17) is 21.6 Å². The number of nitrogens with two attached hydrogens (primary N) is 2. The van der Waals surface area contributed by atoms with Crippen LogP contribution < -0.4 is 21.5 Å². The zero-order chi connectivity index (χ0) is 13.7. The van der Waals surface area contributed by atoms with Gasteiger partial charge < -0.3 is 21.5 Å². The Morgan fingerprint density at radius 1 is 1.44 bits per heavy atom. The van der Waals surface area contributed by atoms with Crippen LogP contribution in [0.1, 0.15) is 13.8 Å². The minimum absolute atomic E-state index is 0.0289. The van der Waals surface area contributed by atoms with Crippen LogP contribution >= 0.6 is 0 Å². The second kappa shape index (κ2) is 5.85. The molecule has 0 heterocycles. The molecule has 0 fully saturated rings. The minimum Gasteiger partial charge on any atom is -0.489 e. The second-order valence-corrected chi connectivity index (χ2v) is 3.79. The van der Waals surface area contributed by atoms with E-state index in [2.05, 4.69) is 10.3 Å². The fourth-order valence-electron chi connectivity index (χ4n) is 1.25. The monoisotopic (exact) mass is 253 g/mol. The fourth-order valence-corrected chi connectivity index (χ4v) is 1.25. The molecule has 0 radical (unpaired) electrons. The van der Waals surface area contributed by atoms with Gasteiger partial charge >= 0.3 is 0 Å². The van der Waals surface area contributed by atoms with Crippen molar-refractivity contribution in [3.05, 3.63) is 24.0 Å². The molecule has 0 saturated carbocycles. The average Bonchev–Trinajstić information content (AvgIpc) is 2.21. The number of halogens is 1. The molecular formula is C11H16FN5O. The minimum atomic E-state index is -0.552. The van der Waals surface area contributed by atoms with E-state index >= 15 is 0 Å². The summed E-state index contributed by atoms with van der Waals surface area (Å²) in [6.45, 7) is 3.63. The van der Waals surface area contributed by atoms with Gasteiger partial charge in [0.2, 0.25) is 5.96 Å².